The summed E-state index contributed by atoms with van der Waals surface area (Å²) < 4.78 is 0. The third-order valence-electron chi connectivity index (χ3n) is 2.86. The fourth-order valence-electron chi connectivity index (χ4n) is 1.77. The number of ketones is 1. The molecule has 20 heavy (non-hydrogen) atoms. The summed E-state index contributed by atoms with van der Waals surface area (Å²) in [6.07, 6.45) is 0. The van der Waals surface area contributed by atoms with E-state index >= 15 is 0 Å². The fraction of sp³-hybridized carbons (Fsp3) is 0. The minimum Gasteiger partial charge on any atom is -0.478 e. The minimum absolute atomic E-state index is 0.285. The Labute approximate surface area is 121 Å². The molecule has 2 rings (SSSR count). The molecule has 0 saturated heterocycles. The Balaban J connectivity index is 2.32. The van der Waals surface area contributed by atoms with E-state index in [1.165, 1.54) is 0 Å². The van der Waals surface area contributed by atoms with Crippen LogP contribution in [0.3, 0.4) is 0 Å². The van der Waals surface area contributed by atoms with Crippen LogP contribution in [-0.2, 0) is 4.79 Å². The van der Waals surface area contributed by atoms with Crippen LogP contribution in [0.2, 0.25) is 5.02 Å². The minimum atomic E-state index is -1.31. The van der Waals surface area contributed by atoms with Crippen molar-refractivity contribution in [3.63, 3.8) is 0 Å². The number of Topliss-reactive ketones (excluding diaryl/α,β-unsaturated/α-hetero) is 1. The van der Waals surface area contributed by atoms with Gasteiger partial charge >= 0.3 is 5.97 Å². The molecular formula is C16H11ClO3. The first-order valence-corrected chi connectivity index (χ1v) is 6.20. The van der Waals surface area contributed by atoms with Crippen molar-refractivity contribution < 1.29 is 14.7 Å². The second-order valence-electron chi connectivity index (χ2n) is 4.17. The smallest absolute Gasteiger partial charge is 0.339 e. The Morgan fingerprint density at radius 3 is 2.15 bits per heavy atom. The quantitative estimate of drug-likeness (QED) is 0.402. The van der Waals surface area contributed by atoms with Gasteiger partial charge in [0.05, 0.1) is 0 Å². The highest BCUT2D eigenvalue weighted by atomic mass is 35.5. The van der Waals surface area contributed by atoms with Crippen molar-refractivity contribution in [1.29, 1.82) is 0 Å². The van der Waals surface area contributed by atoms with Crippen molar-refractivity contribution in [2.45, 2.75) is 0 Å². The van der Waals surface area contributed by atoms with E-state index in [9.17, 15) is 9.59 Å². The Morgan fingerprint density at radius 2 is 1.60 bits per heavy atom. The lowest BCUT2D eigenvalue weighted by atomic mass is 10.00. The maximum absolute atomic E-state index is 11.8. The molecule has 0 aromatic heterocycles. The first kappa shape index (κ1) is 14.0. The molecule has 0 fully saturated rings. The second kappa shape index (κ2) is 5.72. The van der Waals surface area contributed by atoms with E-state index in [4.69, 9.17) is 16.7 Å². The molecule has 0 spiro atoms. The van der Waals surface area contributed by atoms with E-state index in [0.29, 0.717) is 5.02 Å². The van der Waals surface area contributed by atoms with Gasteiger partial charge in [-0.25, -0.2) is 4.79 Å². The molecule has 0 amide bonds. The highest BCUT2D eigenvalue weighted by molar-refractivity contribution is 6.33. The van der Waals surface area contributed by atoms with Crippen LogP contribution in [0.15, 0.2) is 60.7 Å². The molecule has 0 unspecified atom stereocenters. The van der Waals surface area contributed by atoms with E-state index < -0.39 is 17.3 Å². The van der Waals surface area contributed by atoms with E-state index in [1.54, 1.807) is 30.3 Å². The molecule has 0 atom stereocenters. The van der Waals surface area contributed by atoms with Gasteiger partial charge in [0.1, 0.15) is 5.57 Å². The van der Waals surface area contributed by atoms with Gasteiger partial charge in [-0.3, -0.25) is 4.79 Å². The summed E-state index contributed by atoms with van der Waals surface area (Å²) in [4.78, 5) is 22.5. The van der Waals surface area contributed by atoms with Crippen LogP contribution in [0.1, 0.15) is 10.4 Å². The van der Waals surface area contributed by atoms with Gasteiger partial charge in [-0.15, -0.1) is 0 Å². The van der Waals surface area contributed by atoms with Gasteiger partial charge < -0.3 is 5.11 Å². The number of aliphatic carboxylic acids is 1. The average molecular weight is 287 g/mol. The fourth-order valence-corrected chi connectivity index (χ4v) is 2.01. The van der Waals surface area contributed by atoms with Crippen molar-refractivity contribution in [3.05, 3.63) is 71.3 Å². The maximum atomic E-state index is 11.8. The molecule has 0 saturated carbocycles. The topological polar surface area (TPSA) is 54.4 Å². The summed E-state index contributed by atoms with van der Waals surface area (Å²) in [6.45, 7) is 3.26. The van der Waals surface area contributed by atoms with Crippen LogP contribution in [0.5, 0.6) is 0 Å². The maximum Gasteiger partial charge on any atom is 0.339 e. The number of carbonyl (C=O) groups is 2. The van der Waals surface area contributed by atoms with Gasteiger partial charge in [-0.05, 0) is 11.6 Å². The van der Waals surface area contributed by atoms with Gasteiger partial charge in [-0.2, -0.15) is 0 Å². The molecule has 4 heteroatoms. The predicted molar refractivity (Wildman–Crippen MR) is 78.0 cm³/mol. The number of hydrogen-bond acceptors (Lipinski definition) is 2. The number of carbonyl (C=O) groups excluding carboxylic acids is 1. The van der Waals surface area contributed by atoms with Crippen LogP contribution in [0.25, 0.3) is 11.1 Å². The SMILES string of the molecule is C=C(C(=O)O)C(=O)c1ccc(-c2ccccc2Cl)cc1. The van der Waals surface area contributed by atoms with Crippen LogP contribution in [0, 0.1) is 0 Å². The number of hydrogen-bond donors (Lipinski definition) is 1. The van der Waals surface area contributed by atoms with E-state index in [2.05, 4.69) is 6.58 Å². The Kier molecular flexibility index (Phi) is 4.01. The van der Waals surface area contributed by atoms with Gasteiger partial charge in [0.15, 0.2) is 5.78 Å². The number of halogens is 1. The van der Waals surface area contributed by atoms with E-state index in [1.807, 2.05) is 18.2 Å². The van der Waals surface area contributed by atoms with Gasteiger partial charge in [0.25, 0.3) is 0 Å². The standard InChI is InChI=1S/C16H11ClO3/c1-10(16(19)20)15(18)12-8-6-11(7-9-12)13-4-2-3-5-14(13)17/h2-9H,1H2,(H,19,20). The number of benzene rings is 2. The highest BCUT2D eigenvalue weighted by Gasteiger charge is 2.16. The molecule has 0 aliphatic heterocycles. The molecule has 100 valence electrons. The van der Waals surface area contributed by atoms with Crippen molar-refractivity contribution in [2.75, 3.05) is 0 Å². The van der Waals surface area contributed by atoms with Crippen molar-refractivity contribution in [1.82, 2.24) is 0 Å². The zero-order chi connectivity index (χ0) is 14.7. The summed E-state index contributed by atoms with van der Waals surface area (Å²) in [5, 5.41) is 9.36. The largest absolute Gasteiger partial charge is 0.478 e. The van der Waals surface area contributed by atoms with Crippen molar-refractivity contribution in [2.24, 2.45) is 0 Å². The summed E-state index contributed by atoms with van der Waals surface area (Å²) >= 11 is 6.09. The molecule has 0 aliphatic carbocycles. The third-order valence-corrected chi connectivity index (χ3v) is 3.19. The number of rotatable bonds is 4. The third kappa shape index (κ3) is 2.78. The zero-order valence-electron chi connectivity index (χ0n) is 10.5. The monoisotopic (exact) mass is 286 g/mol. The molecule has 0 heterocycles. The lowest BCUT2D eigenvalue weighted by molar-refractivity contribution is -0.132. The molecule has 2 aromatic carbocycles. The number of carboxylic acids is 1. The van der Waals surface area contributed by atoms with Gasteiger partial charge in [-0.1, -0.05) is 60.6 Å². The Morgan fingerprint density at radius 1 is 1.00 bits per heavy atom. The summed E-state index contributed by atoms with van der Waals surface area (Å²) in [5.74, 6) is -1.91. The molecular weight excluding hydrogens is 276 g/mol. The molecule has 0 bridgehead atoms. The molecule has 2 aromatic rings. The highest BCUT2D eigenvalue weighted by Crippen LogP contribution is 2.27. The van der Waals surface area contributed by atoms with Gasteiger partial charge in [0, 0.05) is 16.1 Å². The first-order valence-electron chi connectivity index (χ1n) is 5.82. The molecule has 1 N–H and O–H groups in total. The summed E-state index contributed by atoms with van der Waals surface area (Å²) in [7, 11) is 0. The second-order valence-corrected chi connectivity index (χ2v) is 4.58. The zero-order valence-corrected chi connectivity index (χ0v) is 11.2. The Bertz CT molecular complexity index is 687. The van der Waals surface area contributed by atoms with Crippen LogP contribution >= 0.6 is 11.6 Å². The molecule has 0 radical (unpaired) electrons. The summed E-state index contributed by atoms with van der Waals surface area (Å²) in [5.41, 5.74) is 1.54. The first-order chi connectivity index (χ1) is 9.50. The van der Waals surface area contributed by atoms with Crippen LogP contribution in [0.4, 0.5) is 0 Å². The Hall–Kier alpha value is -2.39. The van der Waals surface area contributed by atoms with Gasteiger partial charge in [0.2, 0.25) is 0 Å². The normalized spacial score (nSPS) is 10.1. The predicted octanol–water partition coefficient (Wildman–Crippen LogP) is 3.83. The lowest BCUT2D eigenvalue weighted by Crippen LogP contribution is -2.11. The summed E-state index contributed by atoms with van der Waals surface area (Å²) in [6, 6.07) is 13.9. The van der Waals surface area contributed by atoms with Crippen molar-refractivity contribution >= 4 is 23.4 Å². The molecule has 3 nitrogen and oxygen atoms in total. The lowest BCUT2D eigenvalue weighted by Gasteiger charge is -2.05. The van der Waals surface area contributed by atoms with E-state index in [0.717, 1.165) is 11.1 Å². The van der Waals surface area contributed by atoms with Crippen molar-refractivity contribution in [3.8, 4) is 11.1 Å². The number of carboxylic acid groups (broad SMARTS) is 1. The van der Waals surface area contributed by atoms with E-state index in [-0.39, 0.29) is 5.56 Å². The van der Waals surface area contributed by atoms with Crippen LogP contribution in [-0.4, -0.2) is 16.9 Å². The van der Waals surface area contributed by atoms with Crippen LogP contribution < -0.4 is 0 Å². The molecule has 0 aliphatic rings. The average Bonchev–Trinajstić information content (AvgIpc) is 2.46.